The lowest BCUT2D eigenvalue weighted by molar-refractivity contribution is -0.137. The summed E-state index contributed by atoms with van der Waals surface area (Å²) in [4.78, 5) is 10.4. The molecular weight excluding hydrogens is 384 g/mol. The van der Waals surface area contributed by atoms with Gasteiger partial charge >= 0.3 is 5.97 Å². The number of carbonyl (C=O) groups is 1. The van der Waals surface area contributed by atoms with Crippen LogP contribution in [0.1, 0.15) is 148 Å². The van der Waals surface area contributed by atoms with Crippen molar-refractivity contribution in [2.45, 2.75) is 148 Å². The molecule has 0 aliphatic heterocycles. The molecule has 3 nitrogen and oxygen atoms in total. The molecule has 0 saturated carbocycles. The minimum Gasteiger partial charge on any atom is -0.481 e. The SMILES string of the molecule is CCCCCCCCCCCCCCCCCCCCCCCC(=O)O.c1ccoc1. The summed E-state index contributed by atoms with van der Waals surface area (Å²) in [5.74, 6) is -0.650. The molecule has 1 heterocycles. The van der Waals surface area contributed by atoms with E-state index in [9.17, 15) is 4.79 Å². The van der Waals surface area contributed by atoms with Crippen LogP contribution in [0, 0.1) is 0 Å². The molecule has 0 atom stereocenters. The van der Waals surface area contributed by atoms with Crippen molar-refractivity contribution in [3.05, 3.63) is 24.7 Å². The van der Waals surface area contributed by atoms with Crippen LogP contribution in [0.4, 0.5) is 0 Å². The molecule has 1 rings (SSSR count). The molecule has 0 radical (unpaired) electrons. The van der Waals surface area contributed by atoms with Gasteiger partial charge in [0.05, 0.1) is 12.5 Å². The van der Waals surface area contributed by atoms with Crippen molar-refractivity contribution in [3.63, 3.8) is 0 Å². The summed E-state index contributed by atoms with van der Waals surface area (Å²) in [7, 11) is 0. The highest BCUT2D eigenvalue weighted by molar-refractivity contribution is 5.66. The van der Waals surface area contributed by atoms with Gasteiger partial charge < -0.3 is 9.52 Å². The van der Waals surface area contributed by atoms with Gasteiger partial charge in [-0.15, -0.1) is 0 Å². The molecule has 3 heteroatoms. The van der Waals surface area contributed by atoms with Gasteiger partial charge in [0.2, 0.25) is 0 Å². The maximum absolute atomic E-state index is 10.4. The summed E-state index contributed by atoms with van der Waals surface area (Å²) < 4.78 is 4.58. The van der Waals surface area contributed by atoms with Crippen LogP contribution < -0.4 is 0 Å². The fourth-order valence-corrected chi connectivity index (χ4v) is 3.94. The van der Waals surface area contributed by atoms with Crippen LogP contribution in [0.25, 0.3) is 0 Å². The molecule has 0 amide bonds. The monoisotopic (exact) mass is 436 g/mol. The van der Waals surface area contributed by atoms with Crippen LogP contribution in [0.2, 0.25) is 0 Å². The standard InChI is InChI=1S/C24H48O2.C4H4O/c1-2-3-4-5-6-7-8-9-10-11-12-13-14-15-16-17-18-19-20-21-22-23-24(25)26;1-2-4-5-3-1/h2-23H2,1H3,(H,25,26);1-4H. The van der Waals surface area contributed by atoms with Crippen molar-refractivity contribution < 1.29 is 14.3 Å². The van der Waals surface area contributed by atoms with Crippen molar-refractivity contribution in [2.24, 2.45) is 0 Å². The second kappa shape index (κ2) is 26.8. The van der Waals surface area contributed by atoms with Crippen molar-refractivity contribution in [1.82, 2.24) is 0 Å². The zero-order valence-electron chi connectivity index (χ0n) is 20.6. The molecule has 0 spiro atoms. The lowest BCUT2D eigenvalue weighted by atomic mass is 10.0. The van der Waals surface area contributed by atoms with E-state index in [1.165, 1.54) is 122 Å². The Morgan fingerprint density at radius 3 is 1.06 bits per heavy atom. The number of hydrogen-bond donors (Lipinski definition) is 1. The molecule has 0 aliphatic carbocycles. The van der Waals surface area contributed by atoms with Crippen LogP contribution in [0.3, 0.4) is 0 Å². The Kier molecular flexibility index (Phi) is 25.7. The predicted molar refractivity (Wildman–Crippen MR) is 134 cm³/mol. The fourth-order valence-electron chi connectivity index (χ4n) is 3.94. The largest absolute Gasteiger partial charge is 0.481 e. The average molecular weight is 437 g/mol. The van der Waals surface area contributed by atoms with E-state index in [1.807, 2.05) is 12.1 Å². The van der Waals surface area contributed by atoms with E-state index in [1.54, 1.807) is 12.5 Å². The highest BCUT2D eigenvalue weighted by Gasteiger charge is 1.97. The van der Waals surface area contributed by atoms with Gasteiger partial charge in [-0.25, -0.2) is 0 Å². The van der Waals surface area contributed by atoms with Crippen molar-refractivity contribution in [2.75, 3.05) is 0 Å². The Labute approximate surface area is 193 Å². The lowest BCUT2D eigenvalue weighted by Crippen LogP contribution is -1.93. The van der Waals surface area contributed by atoms with Crippen molar-refractivity contribution in [1.29, 1.82) is 0 Å². The molecule has 0 bridgehead atoms. The zero-order valence-corrected chi connectivity index (χ0v) is 20.6. The van der Waals surface area contributed by atoms with Gasteiger partial charge in [-0.3, -0.25) is 4.79 Å². The average Bonchev–Trinajstić information content (AvgIpc) is 3.35. The highest BCUT2D eigenvalue weighted by atomic mass is 16.4. The second-order valence-electron chi connectivity index (χ2n) is 9.01. The topological polar surface area (TPSA) is 50.4 Å². The molecule has 1 aromatic rings. The summed E-state index contributed by atoms with van der Waals surface area (Å²) in [5.41, 5.74) is 0. The maximum Gasteiger partial charge on any atom is 0.303 e. The molecule has 0 saturated heterocycles. The fraction of sp³-hybridized carbons (Fsp3) is 0.821. The number of furan rings is 1. The first-order chi connectivity index (χ1) is 15.3. The van der Waals surface area contributed by atoms with Gasteiger partial charge in [0.1, 0.15) is 0 Å². The molecule has 0 aromatic carbocycles. The van der Waals surface area contributed by atoms with Gasteiger partial charge in [-0.05, 0) is 18.6 Å². The first kappa shape index (κ1) is 29.8. The number of unbranched alkanes of at least 4 members (excludes halogenated alkanes) is 20. The van der Waals surface area contributed by atoms with E-state index in [0.717, 1.165) is 12.8 Å². The van der Waals surface area contributed by atoms with Gasteiger partial charge in [0, 0.05) is 6.42 Å². The highest BCUT2D eigenvalue weighted by Crippen LogP contribution is 2.15. The zero-order chi connectivity index (χ0) is 22.7. The second-order valence-corrected chi connectivity index (χ2v) is 9.01. The predicted octanol–water partition coefficient (Wildman–Crippen LogP) is 9.95. The molecular formula is C28H52O3. The van der Waals surface area contributed by atoms with Crippen LogP contribution in [0.15, 0.2) is 29.1 Å². The van der Waals surface area contributed by atoms with E-state index in [-0.39, 0.29) is 0 Å². The molecule has 0 unspecified atom stereocenters. The number of carboxylic acids is 1. The van der Waals surface area contributed by atoms with Gasteiger partial charge in [-0.2, -0.15) is 0 Å². The Morgan fingerprint density at radius 2 is 0.839 bits per heavy atom. The van der Waals surface area contributed by atoms with Crippen LogP contribution in [-0.2, 0) is 4.79 Å². The van der Waals surface area contributed by atoms with Crippen LogP contribution >= 0.6 is 0 Å². The molecule has 31 heavy (non-hydrogen) atoms. The molecule has 0 aliphatic rings. The minimum atomic E-state index is -0.650. The lowest BCUT2D eigenvalue weighted by Gasteiger charge is -2.04. The Hall–Kier alpha value is -1.25. The maximum atomic E-state index is 10.4. The summed E-state index contributed by atoms with van der Waals surface area (Å²) in [5, 5.41) is 8.57. The smallest absolute Gasteiger partial charge is 0.303 e. The van der Waals surface area contributed by atoms with Crippen molar-refractivity contribution >= 4 is 5.97 Å². The van der Waals surface area contributed by atoms with Crippen LogP contribution in [0.5, 0.6) is 0 Å². The third-order valence-electron chi connectivity index (χ3n) is 5.92. The van der Waals surface area contributed by atoms with E-state index in [0.29, 0.717) is 6.42 Å². The summed E-state index contributed by atoms with van der Waals surface area (Å²) in [6.07, 6.45) is 32.3. The van der Waals surface area contributed by atoms with E-state index >= 15 is 0 Å². The van der Waals surface area contributed by atoms with Gasteiger partial charge in [-0.1, -0.05) is 135 Å². The summed E-state index contributed by atoms with van der Waals surface area (Å²) in [6.45, 7) is 2.29. The number of carboxylic acid groups (broad SMARTS) is 1. The van der Waals surface area contributed by atoms with E-state index < -0.39 is 5.97 Å². The third-order valence-corrected chi connectivity index (χ3v) is 5.92. The Morgan fingerprint density at radius 1 is 0.548 bits per heavy atom. The number of rotatable bonds is 22. The number of aliphatic carboxylic acids is 1. The third kappa shape index (κ3) is 28.8. The van der Waals surface area contributed by atoms with E-state index in [4.69, 9.17) is 5.11 Å². The molecule has 0 fully saturated rings. The molecule has 1 N–H and O–H groups in total. The summed E-state index contributed by atoms with van der Waals surface area (Å²) >= 11 is 0. The molecule has 1 aromatic heterocycles. The number of hydrogen-bond acceptors (Lipinski definition) is 2. The Balaban J connectivity index is 0.00000156. The first-order valence-corrected chi connectivity index (χ1v) is 13.5. The quantitative estimate of drug-likeness (QED) is 0.184. The molecule has 182 valence electrons. The minimum absolute atomic E-state index is 0.346. The van der Waals surface area contributed by atoms with Gasteiger partial charge in [0.15, 0.2) is 0 Å². The summed E-state index contributed by atoms with van der Waals surface area (Å²) in [6, 6.07) is 3.67. The normalized spacial score (nSPS) is 10.6. The first-order valence-electron chi connectivity index (χ1n) is 13.5. The Bertz CT molecular complexity index is 410. The van der Waals surface area contributed by atoms with Gasteiger partial charge in [0.25, 0.3) is 0 Å². The van der Waals surface area contributed by atoms with Crippen LogP contribution in [-0.4, -0.2) is 11.1 Å². The van der Waals surface area contributed by atoms with Crippen molar-refractivity contribution in [3.8, 4) is 0 Å². The van der Waals surface area contributed by atoms with E-state index in [2.05, 4.69) is 11.3 Å².